The molecule has 34 heavy (non-hydrogen) atoms. The molecule has 8 nitrogen and oxygen atoms in total. The van der Waals surface area contributed by atoms with Crippen LogP contribution in [0.3, 0.4) is 0 Å². The van der Waals surface area contributed by atoms with Crippen LogP contribution in [0.5, 0.6) is 5.75 Å². The van der Waals surface area contributed by atoms with E-state index >= 15 is 0 Å². The summed E-state index contributed by atoms with van der Waals surface area (Å²) in [5, 5.41) is 9.42. The van der Waals surface area contributed by atoms with Gasteiger partial charge in [0, 0.05) is 61.4 Å². The quantitative estimate of drug-likeness (QED) is 0.458. The van der Waals surface area contributed by atoms with Crippen molar-refractivity contribution in [2.75, 3.05) is 30.4 Å². The summed E-state index contributed by atoms with van der Waals surface area (Å²) in [6.07, 6.45) is 4.40. The molecule has 1 saturated heterocycles. The summed E-state index contributed by atoms with van der Waals surface area (Å²) < 4.78 is 25.3. The highest BCUT2D eigenvalue weighted by atomic mass is 32.1. The van der Waals surface area contributed by atoms with Gasteiger partial charge < -0.3 is 15.0 Å². The first-order valence-corrected chi connectivity index (χ1v) is 12.3. The number of hydrogen-bond acceptors (Lipinski definition) is 8. The van der Waals surface area contributed by atoms with Gasteiger partial charge in [0.05, 0.1) is 7.11 Å². The number of halogens is 1. The molecule has 1 spiro atoms. The third-order valence-corrected chi connectivity index (χ3v) is 8.93. The van der Waals surface area contributed by atoms with Crippen molar-refractivity contribution < 1.29 is 10.6 Å². The highest BCUT2D eigenvalue weighted by molar-refractivity contribution is 7.09. The van der Waals surface area contributed by atoms with Gasteiger partial charge in [-0.2, -0.15) is 9.36 Å². The standard InChI is InChI=1S/C24H24FN7OS.H2/c1-13-26-23(34-30-13)31-11-18-20(17-7-8-24(17,18)12-31)27-22-28-21-16(4-3-9-32(21)29-22)15-6-5-14(25)10-19(15)33-2;/h3-6,9-10,17-18,20H,7-8,11-12H2,1-2H3,(H,27,29);1H/t17-,18-,20?,24?;/m1./s1. The third kappa shape index (κ3) is 2.74. The van der Waals surface area contributed by atoms with E-state index in [2.05, 4.69) is 19.6 Å². The number of ether oxygens (including phenoxy) is 1. The molecular formula is C24H26FN7OS. The van der Waals surface area contributed by atoms with Gasteiger partial charge in [0.1, 0.15) is 17.4 Å². The molecule has 10 heteroatoms. The topological polar surface area (TPSA) is 80.5 Å². The van der Waals surface area contributed by atoms with Gasteiger partial charge in [-0.25, -0.2) is 13.9 Å². The van der Waals surface area contributed by atoms with Gasteiger partial charge in [-0.15, -0.1) is 5.10 Å². The second-order valence-corrected chi connectivity index (χ2v) is 10.4. The molecule has 4 aromatic rings. The van der Waals surface area contributed by atoms with Gasteiger partial charge in [0.2, 0.25) is 11.1 Å². The van der Waals surface area contributed by atoms with Crippen molar-refractivity contribution in [3.05, 3.63) is 48.2 Å². The highest BCUT2D eigenvalue weighted by Crippen LogP contribution is 2.68. The van der Waals surface area contributed by atoms with E-state index in [9.17, 15) is 4.39 Å². The number of benzene rings is 1. The van der Waals surface area contributed by atoms with Crippen LogP contribution < -0.4 is 15.0 Å². The molecule has 3 aliphatic rings. The second kappa shape index (κ2) is 7.11. The lowest BCUT2D eigenvalue weighted by Gasteiger charge is -2.65. The van der Waals surface area contributed by atoms with Crippen LogP contribution in [0.1, 0.15) is 20.1 Å². The first kappa shape index (κ1) is 20.1. The largest absolute Gasteiger partial charge is 0.496 e. The summed E-state index contributed by atoms with van der Waals surface area (Å²) in [5.41, 5.74) is 2.74. The maximum atomic E-state index is 13.7. The zero-order valence-corrected chi connectivity index (χ0v) is 19.7. The van der Waals surface area contributed by atoms with E-state index in [0.717, 1.165) is 35.2 Å². The van der Waals surface area contributed by atoms with E-state index in [-0.39, 0.29) is 7.24 Å². The van der Waals surface area contributed by atoms with Crippen LogP contribution in [0, 0.1) is 30.0 Å². The van der Waals surface area contributed by atoms with Crippen molar-refractivity contribution in [1.29, 1.82) is 0 Å². The summed E-state index contributed by atoms with van der Waals surface area (Å²) in [4.78, 5) is 11.9. The maximum absolute atomic E-state index is 13.7. The van der Waals surface area contributed by atoms with Crippen LogP contribution >= 0.6 is 11.5 Å². The average Bonchev–Trinajstić information content (AvgIpc) is 3.53. The van der Waals surface area contributed by atoms with E-state index in [1.165, 1.54) is 36.5 Å². The predicted octanol–water partition coefficient (Wildman–Crippen LogP) is 4.28. The molecule has 2 aliphatic carbocycles. The summed E-state index contributed by atoms with van der Waals surface area (Å²) >= 11 is 1.50. The Balaban J connectivity index is 0.00000229. The van der Waals surface area contributed by atoms with E-state index in [4.69, 9.17) is 14.8 Å². The Labute approximate surface area is 201 Å². The summed E-state index contributed by atoms with van der Waals surface area (Å²) in [7, 11) is 1.55. The number of rotatable bonds is 5. The Hall–Kier alpha value is -3.27. The van der Waals surface area contributed by atoms with Crippen LogP contribution in [0.15, 0.2) is 36.5 Å². The molecule has 4 heterocycles. The molecule has 0 amide bonds. The molecule has 3 aromatic heterocycles. The van der Waals surface area contributed by atoms with Crippen LogP contribution in [-0.2, 0) is 0 Å². The Kier molecular flexibility index (Phi) is 4.21. The molecule has 2 saturated carbocycles. The molecular weight excluding hydrogens is 453 g/mol. The molecule has 1 aliphatic heterocycles. The van der Waals surface area contributed by atoms with E-state index < -0.39 is 0 Å². The predicted molar refractivity (Wildman–Crippen MR) is 130 cm³/mol. The van der Waals surface area contributed by atoms with Crippen LogP contribution in [-0.4, -0.2) is 50.2 Å². The molecule has 0 bridgehead atoms. The Morgan fingerprint density at radius 2 is 2.15 bits per heavy atom. The number of nitrogens with one attached hydrogen (secondary N) is 1. The molecule has 3 fully saturated rings. The first-order chi connectivity index (χ1) is 16.6. The van der Waals surface area contributed by atoms with Crippen molar-refractivity contribution in [3.8, 4) is 16.9 Å². The van der Waals surface area contributed by atoms with Crippen molar-refractivity contribution in [1.82, 2.24) is 24.0 Å². The second-order valence-electron chi connectivity index (χ2n) is 9.63. The first-order valence-electron chi connectivity index (χ1n) is 11.6. The van der Waals surface area contributed by atoms with E-state index in [0.29, 0.717) is 40.6 Å². The monoisotopic (exact) mass is 479 g/mol. The van der Waals surface area contributed by atoms with Gasteiger partial charge in [0.25, 0.3) is 0 Å². The number of anilines is 2. The molecule has 1 N–H and O–H groups in total. The van der Waals surface area contributed by atoms with E-state index in [1.807, 2.05) is 25.3 Å². The van der Waals surface area contributed by atoms with E-state index in [1.54, 1.807) is 17.7 Å². The number of methoxy groups -OCH3 is 1. The number of aryl methyl sites for hydroxylation is 1. The lowest BCUT2D eigenvalue weighted by Crippen LogP contribution is -2.68. The highest BCUT2D eigenvalue weighted by Gasteiger charge is 2.70. The lowest BCUT2D eigenvalue weighted by molar-refractivity contribution is -0.117. The minimum Gasteiger partial charge on any atom is -0.496 e. The average molecular weight is 480 g/mol. The van der Waals surface area contributed by atoms with Gasteiger partial charge in [0.15, 0.2) is 5.65 Å². The zero-order chi connectivity index (χ0) is 23.0. The molecule has 1 aromatic carbocycles. The summed E-state index contributed by atoms with van der Waals surface area (Å²) in [5.74, 6) is 2.81. The lowest BCUT2D eigenvalue weighted by atomic mass is 9.41. The Bertz CT molecular complexity index is 1430. The smallest absolute Gasteiger partial charge is 0.243 e. The summed E-state index contributed by atoms with van der Waals surface area (Å²) in [6.45, 7) is 4.01. The molecule has 0 radical (unpaired) electrons. The Morgan fingerprint density at radius 3 is 2.91 bits per heavy atom. The van der Waals surface area contributed by atoms with Crippen LogP contribution in [0.25, 0.3) is 16.8 Å². The van der Waals surface area contributed by atoms with Gasteiger partial charge in [-0.1, -0.05) is 0 Å². The molecule has 176 valence electrons. The molecule has 7 rings (SSSR count). The fourth-order valence-electron chi connectivity index (χ4n) is 6.44. The van der Waals surface area contributed by atoms with Gasteiger partial charge in [-0.05, 0) is 55.4 Å². The van der Waals surface area contributed by atoms with Gasteiger partial charge in [-0.3, -0.25) is 0 Å². The van der Waals surface area contributed by atoms with Crippen molar-refractivity contribution in [2.45, 2.75) is 25.8 Å². The van der Waals surface area contributed by atoms with Crippen molar-refractivity contribution >= 4 is 28.3 Å². The number of pyridine rings is 1. The fraction of sp³-hybridized carbons (Fsp3) is 0.417. The molecule has 4 atom stereocenters. The molecule has 2 unspecified atom stereocenters. The van der Waals surface area contributed by atoms with Crippen LogP contribution in [0.2, 0.25) is 0 Å². The number of hydrogen-bond donors (Lipinski definition) is 1. The number of aromatic nitrogens is 5. The summed E-state index contributed by atoms with van der Waals surface area (Å²) in [6, 6.07) is 8.79. The Morgan fingerprint density at radius 1 is 1.24 bits per heavy atom. The maximum Gasteiger partial charge on any atom is 0.243 e. The number of nitrogens with zero attached hydrogens (tertiary/aromatic N) is 6. The fourth-order valence-corrected chi connectivity index (χ4v) is 7.12. The minimum absolute atomic E-state index is 0. The van der Waals surface area contributed by atoms with Crippen LogP contribution in [0.4, 0.5) is 15.5 Å². The van der Waals surface area contributed by atoms with Crippen molar-refractivity contribution in [3.63, 3.8) is 0 Å². The number of fused-ring (bicyclic) bond motifs is 1. The van der Waals surface area contributed by atoms with Crippen molar-refractivity contribution in [2.24, 2.45) is 17.3 Å². The van der Waals surface area contributed by atoms with Gasteiger partial charge >= 0.3 is 0 Å². The third-order valence-electron chi connectivity index (χ3n) is 8.07. The zero-order valence-electron chi connectivity index (χ0n) is 18.9. The minimum atomic E-state index is -0.334. The normalized spacial score (nSPS) is 27.1. The SMILES string of the molecule is COc1cc(F)ccc1-c1cccn2nc(NC3[C@H]4CCC45CN(c4nc(C)ns4)C[C@H]35)nc12.[HH].